The monoisotopic (exact) mass is 263 g/mol. The quantitative estimate of drug-likeness (QED) is 0.628. The van der Waals surface area contributed by atoms with E-state index in [0.717, 1.165) is 5.56 Å². The lowest BCUT2D eigenvalue weighted by Gasteiger charge is -2.05. The molecule has 1 heterocycles. The molecule has 0 saturated heterocycles. The van der Waals surface area contributed by atoms with Gasteiger partial charge in [-0.15, -0.1) is 11.3 Å². The van der Waals surface area contributed by atoms with Crippen molar-refractivity contribution in [1.29, 1.82) is 0 Å². The molecule has 0 unspecified atom stereocenters. The SMILES string of the molecule is COCc1cccc(OC(=O)c2scnc2C)c1. The highest BCUT2D eigenvalue weighted by Gasteiger charge is 2.14. The van der Waals surface area contributed by atoms with Crippen LogP contribution in [0.15, 0.2) is 29.8 Å². The summed E-state index contributed by atoms with van der Waals surface area (Å²) in [5.41, 5.74) is 3.29. The first-order valence-electron chi connectivity index (χ1n) is 5.41. The van der Waals surface area contributed by atoms with Crippen molar-refractivity contribution < 1.29 is 14.3 Å². The number of thiazole rings is 1. The Morgan fingerprint density at radius 3 is 2.94 bits per heavy atom. The number of carbonyl (C=O) groups is 1. The van der Waals surface area contributed by atoms with Gasteiger partial charge >= 0.3 is 5.97 Å². The Bertz CT molecular complexity index is 551. The first kappa shape index (κ1) is 12.7. The van der Waals surface area contributed by atoms with E-state index >= 15 is 0 Å². The summed E-state index contributed by atoms with van der Waals surface area (Å²) in [6.07, 6.45) is 0. The van der Waals surface area contributed by atoms with Gasteiger partial charge in [0.25, 0.3) is 0 Å². The van der Waals surface area contributed by atoms with E-state index in [4.69, 9.17) is 9.47 Å². The molecule has 18 heavy (non-hydrogen) atoms. The topological polar surface area (TPSA) is 48.4 Å². The van der Waals surface area contributed by atoms with Crippen LogP contribution in [-0.4, -0.2) is 18.1 Å². The third kappa shape index (κ3) is 2.94. The van der Waals surface area contributed by atoms with Crippen molar-refractivity contribution in [3.63, 3.8) is 0 Å². The number of carbonyl (C=O) groups excluding carboxylic acids is 1. The molecule has 4 nitrogen and oxygen atoms in total. The predicted molar refractivity (Wildman–Crippen MR) is 69.0 cm³/mol. The summed E-state index contributed by atoms with van der Waals surface area (Å²) in [5, 5.41) is 0. The van der Waals surface area contributed by atoms with Gasteiger partial charge in [-0.3, -0.25) is 0 Å². The zero-order valence-electron chi connectivity index (χ0n) is 10.2. The number of aryl methyl sites for hydroxylation is 1. The average Bonchev–Trinajstić information content (AvgIpc) is 2.76. The molecule has 1 aromatic heterocycles. The number of aromatic nitrogens is 1. The molecule has 0 aliphatic carbocycles. The van der Waals surface area contributed by atoms with E-state index in [0.29, 0.717) is 22.9 Å². The standard InChI is InChI=1S/C13H13NO3S/c1-9-12(18-8-14-9)13(15)17-11-5-3-4-10(6-11)7-16-2/h3-6,8H,7H2,1-2H3. The molecule has 1 aromatic carbocycles. The van der Waals surface area contributed by atoms with E-state index in [9.17, 15) is 4.79 Å². The highest BCUT2D eigenvalue weighted by atomic mass is 32.1. The van der Waals surface area contributed by atoms with Crippen molar-refractivity contribution in [2.75, 3.05) is 7.11 Å². The molecule has 94 valence electrons. The molecule has 0 saturated carbocycles. The van der Waals surface area contributed by atoms with Gasteiger partial charge in [0.05, 0.1) is 17.8 Å². The van der Waals surface area contributed by atoms with Crippen LogP contribution in [0.1, 0.15) is 20.9 Å². The van der Waals surface area contributed by atoms with Crippen molar-refractivity contribution in [3.8, 4) is 5.75 Å². The van der Waals surface area contributed by atoms with E-state index < -0.39 is 0 Å². The highest BCUT2D eigenvalue weighted by Crippen LogP contribution is 2.18. The van der Waals surface area contributed by atoms with Crippen LogP contribution in [0, 0.1) is 6.92 Å². The summed E-state index contributed by atoms with van der Waals surface area (Å²) >= 11 is 1.28. The smallest absolute Gasteiger partial charge is 0.355 e. The molecular formula is C13H13NO3S. The molecule has 0 spiro atoms. The Morgan fingerprint density at radius 2 is 2.28 bits per heavy atom. The predicted octanol–water partition coefficient (Wildman–Crippen LogP) is 2.82. The number of rotatable bonds is 4. The molecule has 0 bridgehead atoms. The molecule has 2 rings (SSSR count). The van der Waals surface area contributed by atoms with Gasteiger partial charge in [-0.2, -0.15) is 0 Å². The van der Waals surface area contributed by atoms with Gasteiger partial charge < -0.3 is 9.47 Å². The van der Waals surface area contributed by atoms with Gasteiger partial charge in [0.15, 0.2) is 0 Å². The molecule has 0 amide bonds. The van der Waals surface area contributed by atoms with Crippen molar-refractivity contribution in [3.05, 3.63) is 45.9 Å². The van der Waals surface area contributed by atoms with Crippen molar-refractivity contribution in [1.82, 2.24) is 4.98 Å². The van der Waals surface area contributed by atoms with E-state index in [2.05, 4.69) is 4.98 Å². The highest BCUT2D eigenvalue weighted by molar-refractivity contribution is 7.11. The number of hydrogen-bond donors (Lipinski definition) is 0. The Hall–Kier alpha value is -1.72. The summed E-state index contributed by atoms with van der Waals surface area (Å²) in [5.74, 6) is 0.145. The minimum atomic E-state index is -0.371. The number of ether oxygens (including phenoxy) is 2. The lowest BCUT2D eigenvalue weighted by Crippen LogP contribution is -2.08. The van der Waals surface area contributed by atoms with E-state index in [1.807, 2.05) is 12.1 Å². The molecule has 0 atom stereocenters. The summed E-state index contributed by atoms with van der Waals surface area (Å²) < 4.78 is 10.3. The summed E-state index contributed by atoms with van der Waals surface area (Å²) in [4.78, 5) is 16.4. The van der Waals surface area contributed by atoms with E-state index in [-0.39, 0.29) is 5.97 Å². The van der Waals surface area contributed by atoms with Crippen LogP contribution in [0.25, 0.3) is 0 Å². The van der Waals surface area contributed by atoms with Crippen LogP contribution in [0.2, 0.25) is 0 Å². The molecule has 0 aliphatic heterocycles. The summed E-state index contributed by atoms with van der Waals surface area (Å²) in [7, 11) is 1.62. The molecule has 2 aromatic rings. The number of methoxy groups -OCH3 is 1. The van der Waals surface area contributed by atoms with Crippen LogP contribution in [-0.2, 0) is 11.3 Å². The van der Waals surface area contributed by atoms with Crippen LogP contribution < -0.4 is 4.74 Å². The maximum absolute atomic E-state index is 11.9. The second kappa shape index (κ2) is 5.75. The maximum Gasteiger partial charge on any atom is 0.355 e. The molecule has 0 fully saturated rings. The fraction of sp³-hybridized carbons (Fsp3) is 0.231. The fourth-order valence-corrected chi connectivity index (χ4v) is 2.19. The largest absolute Gasteiger partial charge is 0.422 e. The van der Waals surface area contributed by atoms with Crippen molar-refractivity contribution in [2.45, 2.75) is 13.5 Å². The van der Waals surface area contributed by atoms with E-state index in [1.165, 1.54) is 11.3 Å². The second-order valence-electron chi connectivity index (χ2n) is 3.74. The first-order valence-corrected chi connectivity index (χ1v) is 6.29. The third-order valence-corrected chi connectivity index (χ3v) is 3.26. The first-order chi connectivity index (χ1) is 8.70. The average molecular weight is 263 g/mol. The second-order valence-corrected chi connectivity index (χ2v) is 4.59. The number of hydrogen-bond acceptors (Lipinski definition) is 5. The number of nitrogens with zero attached hydrogens (tertiary/aromatic N) is 1. The van der Waals surface area contributed by atoms with Crippen molar-refractivity contribution in [2.24, 2.45) is 0 Å². The van der Waals surface area contributed by atoms with Crippen LogP contribution in [0.4, 0.5) is 0 Å². The Labute approximate surface area is 109 Å². The maximum atomic E-state index is 11.9. The molecule has 0 aliphatic rings. The molecule has 0 N–H and O–H groups in total. The zero-order valence-corrected chi connectivity index (χ0v) is 11.0. The van der Waals surface area contributed by atoms with Crippen LogP contribution in [0.3, 0.4) is 0 Å². The fourth-order valence-electron chi connectivity index (χ4n) is 1.52. The molecule has 0 radical (unpaired) electrons. The number of benzene rings is 1. The zero-order chi connectivity index (χ0) is 13.0. The molecular weight excluding hydrogens is 250 g/mol. The van der Waals surface area contributed by atoms with E-state index in [1.54, 1.807) is 31.7 Å². The Morgan fingerprint density at radius 1 is 1.44 bits per heavy atom. The minimum Gasteiger partial charge on any atom is -0.422 e. The van der Waals surface area contributed by atoms with Gasteiger partial charge in [-0.1, -0.05) is 12.1 Å². The summed E-state index contributed by atoms with van der Waals surface area (Å²) in [6, 6.07) is 7.28. The normalized spacial score (nSPS) is 10.3. The Kier molecular flexibility index (Phi) is 4.07. The Balaban J connectivity index is 2.12. The van der Waals surface area contributed by atoms with Crippen LogP contribution in [0.5, 0.6) is 5.75 Å². The lowest BCUT2D eigenvalue weighted by molar-refractivity contribution is 0.0738. The van der Waals surface area contributed by atoms with Gasteiger partial charge in [-0.05, 0) is 24.6 Å². The lowest BCUT2D eigenvalue weighted by atomic mass is 10.2. The van der Waals surface area contributed by atoms with Gasteiger partial charge in [0, 0.05) is 7.11 Å². The molecule has 5 heteroatoms. The van der Waals surface area contributed by atoms with Crippen LogP contribution >= 0.6 is 11.3 Å². The third-order valence-electron chi connectivity index (χ3n) is 2.35. The minimum absolute atomic E-state index is 0.371. The summed E-state index contributed by atoms with van der Waals surface area (Å²) in [6.45, 7) is 2.28. The van der Waals surface area contributed by atoms with Gasteiger partial charge in [-0.25, -0.2) is 9.78 Å². The van der Waals surface area contributed by atoms with Gasteiger partial charge in [0.2, 0.25) is 0 Å². The van der Waals surface area contributed by atoms with Gasteiger partial charge in [0.1, 0.15) is 10.6 Å². The number of esters is 1. The van der Waals surface area contributed by atoms with Crippen molar-refractivity contribution >= 4 is 17.3 Å².